The summed E-state index contributed by atoms with van der Waals surface area (Å²) in [4.78, 5) is 0. The number of aryl methyl sites for hydroxylation is 3. The number of hydrogen-bond donors (Lipinski definition) is 0. The quantitative estimate of drug-likeness (QED) is 0.0877. The summed E-state index contributed by atoms with van der Waals surface area (Å²) >= 11 is 0. The van der Waals surface area contributed by atoms with Crippen LogP contribution in [0.1, 0.15) is 170 Å². The number of hydrogen-bond acceptors (Lipinski definition) is 3. The average molecular weight is 689 g/mol. The average Bonchev–Trinajstić information content (AvgIpc) is 3.09. The first-order chi connectivity index (χ1) is 23.9. The Morgan fingerprint density at radius 3 is 0.755 bits per heavy atom. The van der Waals surface area contributed by atoms with E-state index in [0.29, 0.717) is 0 Å². The first kappa shape index (κ1) is 40.9. The predicted molar refractivity (Wildman–Crippen MR) is 214 cm³/mol. The number of benzene rings is 3. The van der Waals surface area contributed by atoms with Crippen LogP contribution in [0.4, 0.5) is 0 Å². The van der Waals surface area contributed by atoms with Gasteiger partial charge in [0, 0.05) is 0 Å². The molecule has 0 aliphatic carbocycles. The van der Waals surface area contributed by atoms with Crippen LogP contribution in [-0.2, 0) is 57.8 Å². The lowest BCUT2D eigenvalue weighted by molar-refractivity contribution is 0.381. The molecule has 4 heteroatoms. The Kier molecular flexibility index (Phi) is 18.7. The van der Waals surface area contributed by atoms with Gasteiger partial charge in [-0.3, -0.25) is 0 Å². The van der Waals surface area contributed by atoms with Crippen LogP contribution in [0.15, 0.2) is 36.4 Å². The minimum atomic E-state index is -1.79. The van der Waals surface area contributed by atoms with E-state index in [1.54, 1.807) is 0 Å². The molecule has 0 radical (unpaired) electrons. The van der Waals surface area contributed by atoms with Crippen LogP contribution in [0.25, 0.3) is 0 Å². The molecule has 0 fully saturated rings. The van der Waals surface area contributed by atoms with Gasteiger partial charge in [-0.15, -0.1) is 0 Å². The highest BCUT2D eigenvalue weighted by molar-refractivity contribution is 7.43. The van der Waals surface area contributed by atoms with Gasteiger partial charge < -0.3 is 13.6 Å². The van der Waals surface area contributed by atoms with Gasteiger partial charge in [-0.25, -0.2) is 0 Å². The molecule has 3 aromatic rings. The minimum absolute atomic E-state index is 0.929. The standard InChI is InChI=1S/C45H69O3P/c1-10-19-34-28-31-43(40(25-16-7)37(34)22-13-4)46-49(47-44-32-29-35(20-11-2)38(23-14-5)41(44)26-17-8)48-45-33-30-36(21-12-3)39(24-15-6)42(45)27-18-9/h28-33H,10-27H2,1-9H3. The molecule has 0 saturated heterocycles. The fourth-order valence-corrected chi connectivity index (χ4v) is 8.59. The Morgan fingerprint density at radius 1 is 0.306 bits per heavy atom. The Morgan fingerprint density at radius 2 is 0.531 bits per heavy atom. The van der Waals surface area contributed by atoms with E-state index >= 15 is 0 Å². The summed E-state index contributed by atoms with van der Waals surface area (Å²) in [5.74, 6) is 2.79. The monoisotopic (exact) mass is 688 g/mol. The van der Waals surface area contributed by atoms with Crippen molar-refractivity contribution in [3.63, 3.8) is 0 Å². The molecule has 0 spiro atoms. The van der Waals surface area contributed by atoms with Gasteiger partial charge in [0.1, 0.15) is 17.2 Å². The topological polar surface area (TPSA) is 27.7 Å². The van der Waals surface area contributed by atoms with Crippen molar-refractivity contribution in [2.75, 3.05) is 0 Å². The van der Waals surface area contributed by atoms with Gasteiger partial charge in [0.15, 0.2) is 0 Å². The van der Waals surface area contributed by atoms with E-state index in [-0.39, 0.29) is 0 Å². The summed E-state index contributed by atoms with van der Waals surface area (Å²) < 4.78 is 21.2. The zero-order chi connectivity index (χ0) is 35.6. The summed E-state index contributed by atoms with van der Waals surface area (Å²) in [6.07, 6.45) is 19.5. The molecule has 3 nitrogen and oxygen atoms in total. The van der Waals surface area contributed by atoms with Crippen molar-refractivity contribution < 1.29 is 13.6 Å². The molecule has 0 aromatic heterocycles. The smallest absolute Gasteiger partial charge is 0.408 e. The molecule has 0 saturated carbocycles. The Bertz CT molecular complexity index is 1240. The molecule has 3 rings (SSSR count). The summed E-state index contributed by atoms with van der Waals surface area (Å²) in [5.41, 5.74) is 12.8. The summed E-state index contributed by atoms with van der Waals surface area (Å²) in [7, 11) is -1.79. The van der Waals surface area contributed by atoms with E-state index < -0.39 is 8.60 Å². The third-order valence-corrected chi connectivity index (χ3v) is 10.6. The van der Waals surface area contributed by atoms with Crippen LogP contribution in [0.3, 0.4) is 0 Å². The van der Waals surface area contributed by atoms with Crippen molar-refractivity contribution in [3.05, 3.63) is 86.5 Å². The maximum Gasteiger partial charge on any atom is 0.530 e. The summed E-state index contributed by atoms with van der Waals surface area (Å²) in [6, 6.07) is 13.5. The van der Waals surface area contributed by atoms with Crippen molar-refractivity contribution in [1.29, 1.82) is 0 Å². The molecule has 0 bridgehead atoms. The van der Waals surface area contributed by atoms with Gasteiger partial charge in [-0.1, -0.05) is 138 Å². The fourth-order valence-electron chi connectivity index (χ4n) is 7.48. The maximum absolute atomic E-state index is 7.07. The second-order valence-corrected chi connectivity index (χ2v) is 14.8. The molecular weight excluding hydrogens is 619 g/mol. The maximum atomic E-state index is 7.07. The Labute approximate surface area is 302 Å². The molecular formula is C45H69O3P. The van der Waals surface area contributed by atoms with Crippen LogP contribution in [0, 0.1) is 0 Å². The molecule has 0 amide bonds. The normalized spacial score (nSPS) is 11.4. The second kappa shape index (κ2) is 22.3. The second-order valence-electron chi connectivity index (χ2n) is 13.8. The first-order valence-electron chi connectivity index (χ1n) is 20.2. The van der Waals surface area contributed by atoms with E-state index in [1.807, 2.05) is 0 Å². The molecule has 0 aliphatic heterocycles. The Balaban J connectivity index is 2.24. The van der Waals surface area contributed by atoms with E-state index in [9.17, 15) is 0 Å². The van der Waals surface area contributed by atoms with Crippen molar-refractivity contribution in [3.8, 4) is 17.2 Å². The largest absolute Gasteiger partial charge is 0.530 e. The lowest BCUT2D eigenvalue weighted by Crippen LogP contribution is -2.11. The molecule has 0 aliphatic rings. The van der Waals surface area contributed by atoms with Gasteiger partial charge in [-0.05, 0) is 126 Å². The fraction of sp³-hybridized carbons (Fsp3) is 0.600. The third kappa shape index (κ3) is 11.2. The van der Waals surface area contributed by atoms with Gasteiger partial charge >= 0.3 is 8.60 Å². The molecule has 0 heterocycles. The van der Waals surface area contributed by atoms with E-state index in [4.69, 9.17) is 13.6 Å². The lowest BCUT2D eigenvalue weighted by Gasteiger charge is -2.26. The van der Waals surface area contributed by atoms with Crippen LogP contribution in [0.5, 0.6) is 17.2 Å². The SMILES string of the molecule is CCCc1ccc(OP(Oc2ccc(CCC)c(CCC)c2CCC)Oc2ccc(CCC)c(CCC)c2CCC)c(CCC)c1CCC. The van der Waals surface area contributed by atoms with E-state index in [1.165, 1.54) is 50.1 Å². The molecule has 272 valence electrons. The number of rotatable bonds is 24. The van der Waals surface area contributed by atoms with Crippen molar-refractivity contribution in [2.24, 2.45) is 0 Å². The van der Waals surface area contributed by atoms with E-state index in [2.05, 4.69) is 98.7 Å². The van der Waals surface area contributed by atoms with Crippen LogP contribution in [-0.4, -0.2) is 0 Å². The molecule has 0 atom stereocenters. The highest BCUT2D eigenvalue weighted by Gasteiger charge is 2.27. The highest BCUT2D eigenvalue weighted by Crippen LogP contribution is 2.48. The Hall–Kier alpha value is -2.51. The molecule has 3 aromatic carbocycles. The zero-order valence-corrected chi connectivity index (χ0v) is 33.8. The van der Waals surface area contributed by atoms with Crippen LogP contribution >= 0.6 is 8.60 Å². The lowest BCUT2D eigenvalue weighted by atomic mass is 9.91. The zero-order valence-electron chi connectivity index (χ0n) is 32.9. The molecule has 0 N–H and O–H groups in total. The van der Waals surface area contributed by atoms with Gasteiger partial charge in [-0.2, -0.15) is 0 Å². The summed E-state index contributed by atoms with van der Waals surface area (Å²) in [6.45, 7) is 20.5. The van der Waals surface area contributed by atoms with Crippen LogP contribution < -0.4 is 13.6 Å². The van der Waals surface area contributed by atoms with Gasteiger partial charge in [0.25, 0.3) is 0 Å². The first-order valence-corrected chi connectivity index (χ1v) is 21.3. The molecule has 49 heavy (non-hydrogen) atoms. The third-order valence-electron chi connectivity index (χ3n) is 9.53. The van der Waals surface area contributed by atoms with Gasteiger partial charge in [0.2, 0.25) is 0 Å². The summed E-state index contributed by atoms with van der Waals surface area (Å²) in [5, 5.41) is 0. The van der Waals surface area contributed by atoms with Crippen molar-refractivity contribution >= 4 is 8.60 Å². The highest BCUT2D eigenvalue weighted by atomic mass is 31.2. The van der Waals surface area contributed by atoms with Crippen LogP contribution in [0.2, 0.25) is 0 Å². The van der Waals surface area contributed by atoms with E-state index in [0.717, 1.165) is 133 Å². The minimum Gasteiger partial charge on any atom is -0.408 e. The van der Waals surface area contributed by atoms with Crippen molar-refractivity contribution in [2.45, 2.75) is 178 Å². The predicted octanol–water partition coefficient (Wildman–Crippen LogP) is 14.0. The molecule has 0 unspecified atom stereocenters. The van der Waals surface area contributed by atoms with Gasteiger partial charge in [0.05, 0.1) is 0 Å². The van der Waals surface area contributed by atoms with Crippen molar-refractivity contribution in [1.82, 2.24) is 0 Å².